The van der Waals surface area contributed by atoms with Crippen molar-refractivity contribution < 1.29 is 0 Å². The van der Waals surface area contributed by atoms with E-state index in [1.807, 2.05) is 0 Å². The molecule has 0 amide bonds. The Morgan fingerprint density at radius 2 is 2.08 bits per heavy atom. The first-order valence-electron chi connectivity index (χ1n) is 5.85. The van der Waals surface area contributed by atoms with Gasteiger partial charge in [-0.3, -0.25) is 4.90 Å². The maximum Gasteiger partial charge on any atom is 0.0343 e. The summed E-state index contributed by atoms with van der Waals surface area (Å²) in [6.45, 7) is 10.9. The van der Waals surface area contributed by atoms with Crippen LogP contribution in [0, 0.1) is 5.41 Å². The molecule has 0 saturated carbocycles. The lowest BCUT2D eigenvalue weighted by Gasteiger charge is -2.30. The molecule has 0 aromatic carbocycles. The van der Waals surface area contributed by atoms with E-state index in [2.05, 4.69) is 32.6 Å². The Morgan fingerprint density at radius 1 is 1.38 bits per heavy atom. The van der Waals surface area contributed by atoms with Crippen molar-refractivity contribution >= 4 is 0 Å². The highest BCUT2D eigenvalue weighted by atomic mass is 15.4. The van der Waals surface area contributed by atoms with Gasteiger partial charge in [0.1, 0.15) is 0 Å². The van der Waals surface area contributed by atoms with E-state index in [1.165, 1.54) is 32.2 Å². The zero-order chi connectivity index (χ0) is 9.69. The summed E-state index contributed by atoms with van der Waals surface area (Å²) in [5.41, 5.74) is 1.27. The molecule has 2 rings (SSSR count). The zero-order valence-corrected chi connectivity index (χ0v) is 9.56. The van der Waals surface area contributed by atoms with Crippen molar-refractivity contribution in [3.05, 3.63) is 0 Å². The maximum atomic E-state index is 2.70. The molecule has 0 radical (unpaired) electrons. The number of nitrogens with zero attached hydrogens (tertiary/aromatic N) is 1. The second-order valence-electron chi connectivity index (χ2n) is 5.44. The minimum Gasteiger partial charge on any atom is -0.291 e. The van der Waals surface area contributed by atoms with E-state index in [4.69, 9.17) is 0 Å². The van der Waals surface area contributed by atoms with E-state index in [1.54, 1.807) is 0 Å². The maximum absolute atomic E-state index is 2.70. The van der Waals surface area contributed by atoms with Crippen molar-refractivity contribution in [3.63, 3.8) is 0 Å². The first kappa shape index (κ1) is 9.51. The second-order valence-corrected chi connectivity index (χ2v) is 5.44. The molecule has 0 aromatic heterocycles. The molecule has 2 aliphatic rings. The van der Waals surface area contributed by atoms with Gasteiger partial charge < -0.3 is 0 Å². The minimum absolute atomic E-state index is 0.588. The summed E-state index contributed by atoms with van der Waals surface area (Å²) in [4.78, 5) is 2.70. The third-order valence-electron chi connectivity index (χ3n) is 4.72. The second kappa shape index (κ2) is 2.73. The van der Waals surface area contributed by atoms with Gasteiger partial charge in [-0.2, -0.15) is 0 Å². The molecule has 1 nitrogen and oxygen atoms in total. The molecular formula is C12H23N. The Morgan fingerprint density at radius 3 is 2.46 bits per heavy atom. The highest BCUT2D eigenvalue weighted by Gasteiger charge is 2.65. The molecule has 2 aliphatic heterocycles. The van der Waals surface area contributed by atoms with E-state index < -0.39 is 0 Å². The van der Waals surface area contributed by atoms with Gasteiger partial charge in [0, 0.05) is 18.1 Å². The molecule has 2 heterocycles. The standard InChI is InChI=1S/C12H23N/c1-5-7-12(6-2)8-11(4)10(3)13(11)9-12/h10H,5-9H2,1-4H3. The summed E-state index contributed by atoms with van der Waals surface area (Å²) in [7, 11) is 0. The van der Waals surface area contributed by atoms with Gasteiger partial charge in [0.05, 0.1) is 0 Å². The third-order valence-corrected chi connectivity index (χ3v) is 4.72. The fraction of sp³-hybridized carbons (Fsp3) is 1.00. The highest BCUT2D eigenvalue weighted by molar-refractivity contribution is 5.20. The summed E-state index contributed by atoms with van der Waals surface area (Å²) in [5, 5.41) is 0. The van der Waals surface area contributed by atoms with Crippen LogP contribution in [0.1, 0.15) is 53.4 Å². The van der Waals surface area contributed by atoms with E-state index in [0.29, 0.717) is 11.0 Å². The van der Waals surface area contributed by atoms with E-state index >= 15 is 0 Å². The number of hydrogen-bond donors (Lipinski definition) is 0. The monoisotopic (exact) mass is 181 g/mol. The lowest BCUT2D eigenvalue weighted by molar-refractivity contribution is 0.229. The normalized spacial score (nSPS) is 53.5. The number of fused-ring (bicyclic) bond motifs is 1. The smallest absolute Gasteiger partial charge is 0.0343 e. The van der Waals surface area contributed by atoms with Crippen LogP contribution >= 0.6 is 0 Å². The molecule has 4 atom stereocenters. The summed E-state index contributed by atoms with van der Waals surface area (Å²) in [5.74, 6) is 0. The Hall–Kier alpha value is -0.0400. The largest absolute Gasteiger partial charge is 0.291 e. The van der Waals surface area contributed by atoms with Crippen molar-refractivity contribution in [3.8, 4) is 0 Å². The molecule has 13 heavy (non-hydrogen) atoms. The van der Waals surface area contributed by atoms with E-state index in [-0.39, 0.29) is 0 Å². The SMILES string of the molecule is CCCC1(CC)CN2C(C)C2(C)C1. The molecule has 1 heteroatoms. The lowest BCUT2D eigenvalue weighted by atomic mass is 9.75. The van der Waals surface area contributed by atoms with Gasteiger partial charge in [-0.1, -0.05) is 20.3 Å². The zero-order valence-electron chi connectivity index (χ0n) is 9.56. The van der Waals surface area contributed by atoms with Crippen molar-refractivity contribution in [2.75, 3.05) is 6.54 Å². The number of piperidine rings is 1. The van der Waals surface area contributed by atoms with Gasteiger partial charge in [0.25, 0.3) is 0 Å². The van der Waals surface area contributed by atoms with Crippen LogP contribution in [0.15, 0.2) is 0 Å². The van der Waals surface area contributed by atoms with Crippen LogP contribution < -0.4 is 0 Å². The fourth-order valence-electron chi connectivity index (χ4n) is 3.55. The van der Waals surface area contributed by atoms with Crippen molar-refractivity contribution in [1.82, 2.24) is 4.90 Å². The first-order valence-corrected chi connectivity index (χ1v) is 5.85. The molecule has 0 spiro atoms. The van der Waals surface area contributed by atoms with Crippen LogP contribution in [0.3, 0.4) is 0 Å². The predicted molar refractivity (Wildman–Crippen MR) is 56.8 cm³/mol. The molecule has 0 N–H and O–H groups in total. The van der Waals surface area contributed by atoms with Gasteiger partial charge in [-0.05, 0) is 38.5 Å². The van der Waals surface area contributed by atoms with Crippen LogP contribution in [-0.4, -0.2) is 23.0 Å². The first-order chi connectivity index (χ1) is 6.08. The fourth-order valence-corrected chi connectivity index (χ4v) is 3.55. The average molecular weight is 181 g/mol. The Bertz CT molecular complexity index is 213. The van der Waals surface area contributed by atoms with Gasteiger partial charge >= 0.3 is 0 Å². The van der Waals surface area contributed by atoms with Gasteiger partial charge in [-0.15, -0.1) is 0 Å². The van der Waals surface area contributed by atoms with Crippen LogP contribution in [0.4, 0.5) is 0 Å². The summed E-state index contributed by atoms with van der Waals surface area (Å²) < 4.78 is 0. The summed E-state index contributed by atoms with van der Waals surface area (Å²) >= 11 is 0. The summed E-state index contributed by atoms with van der Waals surface area (Å²) in [6, 6.07) is 0.865. The number of hydrogen-bond acceptors (Lipinski definition) is 1. The lowest BCUT2D eigenvalue weighted by Crippen LogP contribution is -2.27. The van der Waals surface area contributed by atoms with E-state index in [0.717, 1.165) is 6.04 Å². The molecule has 0 aromatic rings. The van der Waals surface area contributed by atoms with Gasteiger partial charge in [-0.25, -0.2) is 0 Å². The van der Waals surface area contributed by atoms with Crippen molar-refractivity contribution in [1.29, 1.82) is 0 Å². The Labute approximate surface area is 82.5 Å². The molecule has 2 fully saturated rings. The van der Waals surface area contributed by atoms with Gasteiger partial charge in [0.15, 0.2) is 0 Å². The molecule has 0 bridgehead atoms. The quantitative estimate of drug-likeness (QED) is 0.605. The molecular weight excluding hydrogens is 158 g/mol. The highest BCUT2D eigenvalue weighted by Crippen LogP contribution is 2.58. The van der Waals surface area contributed by atoms with Gasteiger partial charge in [0.2, 0.25) is 0 Å². The van der Waals surface area contributed by atoms with Crippen LogP contribution in [-0.2, 0) is 0 Å². The molecule has 2 saturated heterocycles. The summed E-state index contributed by atoms with van der Waals surface area (Å²) in [6.07, 6.45) is 5.61. The predicted octanol–water partition coefficient (Wildman–Crippen LogP) is 3.05. The minimum atomic E-state index is 0.588. The molecule has 4 unspecified atom stereocenters. The average Bonchev–Trinajstić information content (AvgIpc) is 2.45. The van der Waals surface area contributed by atoms with Crippen LogP contribution in [0.5, 0.6) is 0 Å². The number of rotatable bonds is 3. The Kier molecular flexibility index (Phi) is 1.99. The molecule has 0 aliphatic carbocycles. The van der Waals surface area contributed by atoms with Crippen molar-refractivity contribution in [2.24, 2.45) is 5.41 Å². The Balaban J connectivity index is 2.05. The van der Waals surface area contributed by atoms with Crippen molar-refractivity contribution in [2.45, 2.75) is 65.0 Å². The van der Waals surface area contributed by atoms with Crippen LogP contribution in [0.2, 0.25) is 0 Å². The van der Waals surface area contributed by atoms with E-state index in [9.17, 15) is 0 Å². The third kappa shape index (κ3) is 1.16. The van der Waals surface area contributed by atoms with Crippen LogP contribution in [0.25, 0.3) is 0 Å². The molecule has 76 valence electrons. The topological polar surface area (TPSA) is 3.01 Å².